The Hall–Kier alpha value is -1.96. The minimum atomic E-state index is -4.75. The van der Waals surface area contributed by atoms with Crippen LogP contribution in [0.2, 0.25) is 0 Å². The molecule has 8 heteroatoms. The summed E-state index contributed by atoms with van der Waals surface area (Å²) in [5.74, 6) is 0.603. The molecule has 23 heavy (non-hydrogen) atoms. The summed E-state index contributed by atoms with van der Waals surface area (Å²) < 4.78 is 43.3. The molecular formula is C15H19F3N2O3. The molecule has 1 aliphatic rings. The number of hydrogen-bond donors (Lipinski definition) is 2. The lowest BCUT2D eigenvalue weighted by Gasteiger charge is -2.38. The molecule has 128 valence electrons. The van der Waals surface area contributed by atoms with Crippen LogP contribution in [0.5, 0.6) is 5.75 Å². The third-order valence-electron chi connectivity index (χ3n) is 3.85. The van der Waals surface area contributed by atoms with Crippen molar-refractivity contribution in [2.24, 2.45) is 0 Å². The molecule has 1 aliphatic heterocycles. The van der Waals surface area contributed by atoms with Gasteiger partial charge in [0.1, 0.15) is 5.75 Å². The van der Waals surface area contributed by atoms with Crippen LogP contribution in [-0.2, 0) is 0 Å². The summed E-state index contributed by atoms with van der Waals surface area (Å²) in [7, 11) is 1.50. The molecule has 0 aliphatic carbocycles. The van der Waals surface area contributed by atoms with Crippen molar-refractivity contribution in [3.63, 3.8) is 0 Å². The molecule has 1 fully saturated rings. The number of methoxy groups -OCH3 is 1. The normalized spacial score (nSPS) is 20.0. The number of benzene rings is 1. The number of ether oxygens (including phenoxy) is 1. The van der Waals surface area contributed by atoms with Crippen LogP contribution in [-0.4, -0.2) is 48.0 Å². The van der Waals surface area contributed by atoms with Gasteiger partial charge < -0.3 is 20.1 Å². The SMILES string of the molecule is COc1ccc(NC(=O)N2CCCC[C@@H]2[C@H](O)C(F)(F)F)cc1. The molecule has 2 amide bonds. The molecule has 1 saturated heterocycles. The highest BCUT2D eigenvalue weighted by Crippen LogP contribution is 2.30. The van der Waals surface area contributed by atoms with Crippen molar-refractivity contribution in [1.29, 1.82) is 0 Å². The largest absolute Gasteiger partial charge is 0.497 e. The number of halogens is 3. The number of rotatable bonds is 3. The Kier molecular flexibility index (Phi) is 5.35. The second-order valence-electron chi connectivity index (χ2n) is 5.40. The summed E-state index contributed by atoms with van der Waals surface area (Å²) in [4.78, 5) is 13.3. The first-order chi connectivity index (χ1) is 10.8. The highest BCUT2D eigenvalue weighted by atomic mass is 19.4. The first kappa shape index (κ1) is 17.4. The monoisotopic (exact) mass is 332 g/mol. The van der Waals surface area contributed by atoms with Gasteiger partial charge in [-0.15, -0.1) is 0 Å². The Balaban J connectivity index is 2.08. The number of likely N-dealkylation sites (tertiary alicyclic amines) is 1. The van der Waals surface area contributed by atoms with Crippen molar-refractivity contribution in [3.8, 4) is 5.75 Å². The van der Waals surface area contributed by atoms with Crippen LogP contribution in [0.4, 0.5) is 23.7 Å². The molecule has 5 nitrogen and oxygen atoms in total. The summed E-state index contributed by atoms with van der Waals surface area (Å²) in [6, 6.07) is 4.54. The van der Waals surface area contributed by atoms with Crippen molar-refractivity contribution in [2.75, 3.05) is 19.0 Å². The molecule has 2 rings (SSSR count). The van der Waals surface area contributed by atoms with E-state index in [0.717, 1.165) is 4.90 Å². The van der Waals surface area contributed by atoms with Crippen LogP contribution < -0.4 is 10.1 Å². The van der Waals surface area contributed by atoms with E-state index in [2.05, 4.69) is 5.32 Å². The lowest BCUT2D eigenvalue weighted by atomic mass is 9.97. The fourth-order valence-corrected chi connectivity index (χ4v) is 2.63. The number of aliphatic hydroxyl groups is 1. The summed E-state index contributed by atoms with van der Waals surface area (Å²) in [6.07, 6.45) is -6.01. The lowest BCUT2D eigenvalue weighted by Crippen LogP contribution is -2.55. The van der Waals surface area contributed by atoms with Crippen LogP contribution in [0.15, 0.2) is 24.3 Å². The highest BCUT2D eigenvalue weighted by Gasteiger charge is 2.47. The molecule has 1 aromatic carbocycles. The van der Waals surface area contributed by atoms with Gasteiger partial charge >= 0.3 is 12.2 Å². The van der Waals surface area contributed by atoms with Crippen LogP contribution in [0.3, 0.4) is 0 Å². The van der Waals surface area contributed by atoms with Crippen LogP contribution in [0, 0.1) is 0 Å². The molecule has 0 saturated carbocycles. The van der Waals surface area contributed by atoms with Crippen molar-refractivity contribution in [2.45, 2.75) is 37.6 Å². The molecular weight excluding hydrogens is 313 g/mol. The Morgan fingerprint density at radius 2 is 2.00 bits per heavy atom. The molecule has 0 bridgehead atoms. The number of amides is 2. The molecule has 0 aromatic heterocycles. The molecule has 2 N–H and O–H groups in total. The predicted molar refractivity (Wildman–Crippen MR) is 78.4 cm³/mol. The van der Waals surface area contributed by atoms with E-state index in [1.807, 2.05) is 0 Å². The van der Waals surface area contributed by atoms with Crippen LogP contribution in [0.1, 0.15) is 19.3 Å². The minimum absolute atomic E-state index is 0.122. The number of alkyl halides is 3. The summed E-state index contributed by atoms with van der Waals surface area (Å²) in [5, 5.41) is 12.1. The summed E-state index contributed by atoms with van der Waals surface area (Å²) >= 11 is 0. The van der Waals surface area contributed by atoms with Crippen LogP contribution >= 0.6 is 0 Å². The molecule has 0 spiro atoms. The molecule has 0 unspecified atom stereocenters. The van der Waals surface area contributed by atoms with E-state index in [0.29, 0.717) is 24.3 Å². The van der Waals surface area contributed by atoms with E-state index in [-0.39, 0.29) is 13.0 Å². The smallest absolute Gasteiger partial charge is 0.416 e. The number of hydrogen-bond acceptors (Lipinski definition) is 3. The molecule has 2 atom stereocenters. The van der Waals surface area contributed by atoms with Crippen LogP contribution in [0.25, 0.3) is 0 Å². The first-order valence-corrected chi connectivity index (χ1v) is 7.29. The van der Waals surface area contributed by atoms with Gasteiger partial charge in [0.2, 0.25) is 0 Å². The quantitative estimate of drug-likeness (QED) is 0.894. The van der Waals surface area contributed by atoms with E-state index in [1.54, 1.807) is 24.3 Å². The maximum atomic E-state index is 12.8. The van der Waals surface area contributed by atoms with Crippen molar-refractivity contribution in [3.05, 3.63) is 24.3 Å². The Morgan fingerprint density at radius 1 is 1.35 bits per heavy atom. The van der Waals surface area contributed by atoms with Crippen molar-refractivity contribution >= 4 is 11.7 Å². The second-order valence-corrected chi connectivity index (χ2v) is 5.40. The number of urea groups is 1. The van der Waals surface area contributed by atoms with Gasteiger partial charge in [-0.2, -0.15) is 13.2 Å². The van der Waals surface area contributed by atoms with Gasteiger partial charge in [0, 0.05) is 12.2 Å². The van der Waals surface area contributed by atoms with Gasteiger partial charge in [-0.05, 0) is 43.5 Å². The minimum Gasteiger partial charge on any atom is -0.497 e. The van der Waals surface area contributed by atoms with Crippen molar-refractivity contribution in [1.82, 2.24) is 4.90 Å². The second kappa shape index (κ2) is 7.08. The summed E-state index contributed by atoms with van der Waals surface area (Å²) in [5.41, 5.74) is 0.446. The predicted octanol–water partition coefficient (Wildman–Crippen LogP) is 3.00. The number of nitrogens with one attached hydrogen (secondary N) is 1. The van der Waals surface area contributed by atoms with E-state index < -0.39 is 24.4 Å². The third kappa shape index (κ3) is 4.28. The highest BCUT2D eigenvalue weighted by molar-refractivity contribution is 5.89. The number of anilines is 1. The molecule has 0 radical (unpaired) electrons. The number of carbonyl (C=O) groups is 1. The standard InChI is InChI=1S/C15H19F3N2O3/c1-23-11-7-5-10(6-8-11)19-14(22)20-9-3-2-4-12(20)13(21)15(16,17)18/h5-8,12-13,21H,2-4,9H2,1H3,(H,19,22)/t12-,13+/m1/s1. The Morgan fingerprint density at radius 3 is 2.57 bits per heavy atom. The zero-order chi connectivity index (χ0) is 17.0. The topological polar surface area (TPSA) is 61.8 Å². The zero-order valence-corrected chi connectivity index (χ0v) is 12.6. The first-order valence-electron chi connectivity index (χ1n) is 7.29. The van der Waals surface area contributed by atoms with Gasteiger partial charge in [-0.1, -0.05) is 0 Å². The third-order valence-corrected chi connectivity index (χ3v) is 3.85. The van der Waals surface area contributed by atoms with Gasteiger partial charge in [-0.3, -0.25) is 0 Å². The van der Waals surface area contributed by atoms with E-state index >= 15 is 0 Å². The number of aliphatic hydroxyl groups excluding tert-OH is 1. The number of carbonyl (C=O) groups excluding carboxylic acids is 1. The van der Waals surface area contributed by atoms with E-state index in [4.69, 9.17) is 4.74 Å². The van der Waals surface area contributed by atoms with Gasteiger partial charge in [0.15, 0.2) is 6.10 Å². The van der Waals surface area contributed by atoms with Gasteiger partial charge in [0.25, 0.3) is 0 Å². The molecule has 1 aromatic rings. The Labute approximate surface area is 132 Å². The number of piperidine rings is 1. The Bertz CT molecular complexity index is 534. The molecule has 1 heterocycles. The average Bonchev–Trinajstić information content (AvgIpc) is 2.54. The fraction of sp³-hybridized carbons (Fsp3) is 0.533. The fourth-order valence-electron chi connectivity index (χ4n) is 2.63. The maximum Gasteiger partial charge on any atom is 0.416 e. The maximum absolute atomic E-state index is 12.8. The average molecular weight is 332 g/mol. The number of nitrogens with zero attached hydrogens (tertiary/aromatic N) is 1. The van der Waals surface area contributed by atoms with E-state index in [1.165, 1.54) is 7.11 Å². The zero-order valence-electron chi connectivity index (χ0n) is 12.6. The van der Waals surface area contributed by atoms with E-state index in [9.17, 15) is 23.1 Å². The van der Waals surface area contributed by atoms with Gasteiger partial charge in [0.05, 0.1) is 13.2 Å². The lowest BCUT2D eigenvalue weighted by molar-refractivity contribution is -0.221. The summed E-state index contributed by atoms with van der Waals surface area (Å²) in [6.45, 7) is 0.180. The van der Waals surface area contributed by atoms with Crippen molar-refractivity contribution < 1.29 is 27.8 Å². The van der Waals surface area contributed by atoms with Gasteiger partial charge in [-0.25, -0.2) is 4.79 Å².